The number of benzene rings is 1. The summed E-state index contributed by atoms with van der Waals surface area (Å²) in [5.74, 6) is 1.03. The van der Waals surface area contributed by atoms with Crippen LogP contribution in [0.3, 0.4) is 0 Å². The first-order valence-electron chi connectivity index (χ1n) is 4.98. The molecule has 0 aromatic heterocycles. The Morgan fingerprint density at radius 3 is 2.53 bits per heavy atom. The van der Waals surface area contributed by atoms with Crippen LogP contribution in [0, 0.1) is 12.3 Å². The number of carbonyl (C=O) groups is 1. The molecular formula is C12H13NO3S. The Kier molecular flexibility index (Phi) is 4.30. The summed E-state index contributed by atoms with van der Waals surface area (Å²) in [5, 5.41) is 1.37. The molecular weight excluding hydrogens is 238 g/mol. The molecule has 1 amide bonds. The molecule has 0 radical (unpaired) electrons. The summed E-state index contributed by atoms with van der Waals surface area (Å²) < 4.78 is 23.1. The fourth-order valence-electron chi connectivity index (χ4n) is 1.17. The van der Waals surface area contributed by atoms with Crippen molar-refractivity contribution in [1.29, 1.82) is 0 Å². The number of rotatable bonds is 4. The zero-order valence-electron chi connectivity index (χ0n) is 9.38. The predicted molar refractivity (Wildman–Crippen MR) is 67.2 cm³/mol. The molecule has 0 fully saturated rings. The van der Waals surface area contributed by atoms with E-state index >= 15 is 0 Å². The second kappa shape index (κ2) is 5.51. The van der Waals surface area contributed by atoms with Crippen LogP contribution in [0.25, 0.3) is 0 Å². The minimum atomic E-state index is -3.58. The first-order chi connectivity index (χ1) is 7.97. The summed E-state index contributed by atoms with van der Waals surface area (Å²) >= 11 is 0. The third-order valence-corrected chi connectivity index (χ3v) is 4.09. The lowest BCUT2D eigenvalue weighted by Crippen LogP contribution is -2.33. The Labute approximate surface area is 101 Å². The summed E-state index contributed by atoms with van der Waals surface area (Å²) in [7, 11) is -3.58. The number of nitrogens with one attached hydrogen (secondary N) is 1. The lowest BCUT2D eigenvalue weighted by atomic mass is 10.3. The summed E-state index contributed by atoms with van der Waals surface area (Å²) in [4.78, 5) is 11.7. The molecule has 5 heteroatoms. The molecule has 0 heterocycles. The summed E-state index contributed by atoms with van der Waals surface area (Å²) in [6.07, 6.45) is 4.94. The normalized spacial score (nSPS) is 12.5. The molecule has 1 aromatic rings. The molecule has 0 aliphatic rings. The van der Waals surface area contributed by atoms with E-state index in [0.717, 1.165) is 0 Å². The van der Waals surface area contributed by atoms with Crippen LogP contribution in [0.2, 0.25) is 0 Å². The van der Waals surface area contributed by atoms with Gasteiger partial charge in [0.2, 0.25) is 5.91 Å². The first kappa shape index (κ1) is 13.3. The number of sulfone groups is 1. The lowest BCUT2D eigenvalue weighted by Gasteiger charge is -2.11. The van der Waals surface area contributed by atoms with E-state index in [1.54, 1.807) is 30.3 Å². The van der Waals surface area contributed by atoms with Gasteiger partial charge in [0.25, 0.3) is 0 Å². The zero-order chi connectivity index (χ0) is 12.9. The van der Waals surface area contributed by atoms with Gasteiger partial charge in [-0.2, -0.15) is 0 Å². The van der Waals surface area contributed by atoms with Crippen LogP contribution in [-0.4, -0.2) is 25.3 Å². The molecule has 1 atom stereocenters. The van der Waals surface area contributed by atoms with Gasteiger partial charge in [0.15, 0.2) is 9.84 Å². The Morgan fingerprint density at radius 2 is 2.00 bits per heavy atom. The van der Waals surface area contributed by atoms with Gasteiger partial charge >= 0.3 is 0 Å². The Bertz CT molecular complexity index is 529. The van der Waals surface area contributed by atoms with Crippen LogP contribution in [0.1, 0.15) is 6.92 Å². The van der Waals surface area contributed by atoms with Gasteiger partial charge in [-0.05, 0) is 19.1 Å². The largest absolute Gasteiger partial charge is 0.325 e. The smallest absolute Gasteiger partial charge is 0.242 e. The summed E-state index contributed by atoms with van der Waals surface area (Å²) in [5.41, 5.74) is 0.556. The van der Waals surface area contributed by atoms with E-state index < -0.39 is 26.7 Å². The predicted octanol–water partition coefficient (Wildman–Crippen LogP) is 1.06. The number of hydrogen-bond acceptors (Lipinski definition) is 3. The molecule has 0 bridgehead atoms. The molecule has 1 unspecified atom stereocenters. The average Bonchev–Trinajstić information content (AvgIpc) is 2.29. The van der Waals surface area contributed by atoms with Crippen LogP contribution >= 0.6 is 0 Å². The number of hydrogen-bond donors (Lipinski definition) is 1. The summed E-state index contributed by atoms with van der Waals surface area (Å²) in [6, 6.07) is 8.65. The monoisotopic (exact) mass is 251 g/mol. The standard InChI is InChI=1S/C12H13NO3S/c1-3-9-17(15,16)10(2)12(14)13-11-7-5-4-6-8-11/h1,4-8,10H,9H2,2H3,(H,13,14). The van der Waals surface area contributed by atoms with Crippen molar-refractivity contribution in [3.8, 4) is 12.3 Å². The molecule has 4 nitrogen and oxygen atoms in total. The van der Waals surface area contributed by atoms with E-state index in [2.05, 4.69) is 5.32 Å². The molecule has 0 saturated carbocycles. The average molecular weight is 251 g/mol. The lowest BCUT2D eigenvalue weighted by molar-refractivity contribution is -0.115. The van der Waals surface area contributed by atoms with Gasteiger partial charge in [-0.1, -0.05) is 24.1 Å². The molecule has 0 spiro atoms. The Hall–Kier alpha value is -1.80. The van der Waals surface area contributed by atoms with E-state index in [-0.39, 0.29) is 0 Å². The molecule has 0 saturated heterocycles. The van der Waals surface area contributed by atoms with Crippen molar-refractivity contribution >= 4 is 21.4 Å². The molecule has 90 valence electrons. The van der Waals surface area contributed by atoms with Gasteiger partial charge in [0, 0.05) is 5.69 Å². The summed E-state index contributed by atoms with van der Waals surface area (Å²) in [6.45, 7) is 1.32. The highest BCUT2D eigenvalue weighted by atomic mass is 32.2. The van der Waals surface area contributed by atoms with E-state index in [9.17, 15) is 13.2 Å². The van der Waals surface area contributed by atoms with E-state index in [1.807, 2.05) is 5.92 Å². The highest BCUT2D eigenvalue weighted by Gasteiger charge is 2.26. The first-order valence-corrected chi connectivity index (χ1v) is 6.70. The van der Waals surface area contributed by atoms with Crippen molar-refractivity contribution in [3.05, 3.63) is 30.3 Å². The van der Waals surface area contributed by atoms with Crippen molar-refractivity contribution in [2.75, 3.05) is 11.1 Å². The van der Waals surface area contributed by atoms with Crippen molar-refractivity contribution in [2.24, 2.45) is 0 Å². The van der Waals surface area contributed by atoms with Crippen LogP contribution in [0.5, 0.6) is 0 Å². The second-order valence-electron chi connectivity index (χ2n) is 3.51. The Morgan fingerprint density at radius 1 is 1.41 bits per heavy atom. The maximum atomic E-state index is 11.7. The van der Waals surface area contributed by atoms with Gasteiger partial charge in [-0.3, -0.25) is 4.79 Å². The van der Waals surface area contributed by atoms with Crippen molar-refractivity contribution in [3.63, 3.8) is 0 Å². The number of amides is 1. The SMILES string of the molecule is C#CCS(=O)(=O)C(C)C(=O)Nc1ccccc1. The third-order valence-electron chi connectivity index (χ3n) is 2.23. The highest BCUT2D eigenvalue weighted by Crippen LogP contribution is 2.09. The maximum Gasteiger partial charge on any atom is 0.242 e. The van der Waals surface area contributed by atoms with Crippen molar-refractivity contribution in [2.45, 2.75) is 12.2 Å². The minimum absolute atomic E-state index is 0.434. The molecule has 17 heavy (non-hydrogen) atoms. The third kappa shape index (κ3) is 3.61. The number of anilines is 1. The van der Waals surface area contributed by atoms with Gasteiger partial charge in [0.1, 0.15) is 11.0 Å². The quantitative estimate of drug-likeness (QED) is 0.814. The minimum Gasteiger partial charge on any atom is -0.325 e. The molecule has 0 aliphatic carbocycles. The van der Waals surface area contributed by atoms with Crippen LogP contribution in [0.15, 0.2) is 30.3 Å². The fraction of sp³-hybridized carbons (Fsp3) is 0.250. The topological polar surface area (TPSA) is 63.2 Å². The van der Waals surface area contributed by atoms with Gasteiger partial charge in [-0.15, -0.1) is 6.42 Å². The van der Waals surface area contributed by atoms with Crippen LogP contribution in [-0.2, 0) is 14.6 Å². The van der Waals surface area contributed by atoms with Crippen molar-refractivity contribution in [1.82, 2.24) is 0 Å². The van der Waals surface area contributed by atoms with Gasteiger partial charge < -0.3 is 5.32 Å². The number of carbonyl (C=O) groups excluding carboxylic acids is 1. The van der Waals surface area contributed by atoms with Crippen LogP contribution < -0.4 is 5.32 Å². The zero-order valence-corrected chi connectivity index (χ0v) is 10.2. The van der Waals surface area contributed by atoms with Crippen molar-refractivity contribution < 1.29 is 13.2 Å². The van der Waals surface area contributed by atoms with E-state index in [1.165, 1.54) is 6.92 Å². The molecule has 1 rings (SSSR count). The van der Waals surface area contributed by atoms with Gasteiger partial charge in [-0.25, -0.2) is 8.42 Å². The van der Waals surface area contributed by atoms with Crippen LogP contribution in [0.4, 0.5) is 5.69 Å². The maximum absolute atomic E-state index is 11.7. The number of para-hydroxylation sites is 1. The highest BCUT2D eigenvalue weighted by molar-refractivity contribution is 7.93. The van der Waals surface area contributed by atoms with Gasteiger partial charge in [0.05, 0.1) is 0 Å². The fourth-order valence-corrected chi connectivity index (χ4v) is 2.04. The van der Waals surface area contributed by atoms with E-state index in [4.69, 9.17) is 6.42 Å². The molecule has 0 aliphatic heterocycles. The number of terminal acetylenes is 1. The molecule has 1 aromatic carbocycles. The second-order valence-corrected chi connectivity index (χ2v) is 5.83. The Balaban J connectivity index is 2.76. The molecule has 1 N–H and O–H groups in total. The van der Waals surface area contributed by atoms with E-state index in [0.29, 0.717) is 5.69 Å².